The van der Waals surface area contributed by atoms with Crippen molar-refractivity contribution < 1.29 is 17.9 Å². The summed E-state index contributed by atoms with van der Waals surface area (Å²) in [5.41, 5.74) is 3.20. The van der Waals surface area contributed by atoms with Crippen LogP contribution >= 0.6 is 0 Å². The summed E-state index contributed by atoms with van der Waals surface area (Å²) in [6, 6.07) is 9.10. The molecule has 7 nitrogen and oxygen atoms in total. The Morgan fingerprint density at radius 2 is 2.11 bits per heavy atom. The molecule has 0 bridgehead atoms. The molecule has 1 aliphatic heterocycles. The maximum Gasteiger partial charge on any atom is 0.230 e. The molecular weight excluding hydrogens is 366 g/mol. The topological polar surface area (TPSA) is 88.6 Å². The molecule has 0 aliphatic carbocycles. The summed E-state index contributed by atoms with van der Waals surface area (Å²) in [6.07, 6.45) is 2.29. The first-order chi connectivity index (χ1) is 12.9. The molecule has 2 heterocycles. The van der Waals surface area contributed by atoms with Crippen LogP contribution in [0.3, 0.4) is 0 Å². The highest BCUT2D eigenvalue weighted by Gasteiger charge is 2.26. The van der Waals surface area contributed by atoms with Crippen LogP contribution in [-0.2, 0) is 34.2 Å². The van der Waals surface area contributed by atoms with Crippen molar-refractivity contribution in [2.75, 3.05) is 24.7 Å². The Hall–Kier alpha value is -2.45. The van der Waals surface area contributed by atoms with Crippen LogP contribution in [0.5, 0.6) is 5.75 Å². The zero-order valence-electron chi connectivity index (χ0n) is 15.4. The molecule has 1 aliphatic rings. The lowest BCUT2D eigenvalue weighted by molar-refractivity contribution is -0.115. The fourth-order valence-corrected chi connectivity index (χ4v) is 4.28. The molecule has 3 rings (SSSR count). The Kier molecular flexibility index (Phi) is 5.76. The van der Waals surface area contributed by atoms with Crippen LogP contribution in [0.1, 0.15) is 23.7 Å². The smallest absolute Gasteiger partial charge is 0.230 e. The molecule has 0 saturated carbocycles. The van der Waals surface area contributed by atoms with Gasteiger partial charge in [-0.15, -0.1) is 0 Å². The maximum absolute atomic E-state index is 12.5. The van der Waals surface area contributed by atoms with Gasteiger partial charge in [0.2, 0.25) is 15.9 Å². The molecular formula is C19H23N3O4S. The quantitative estimate of drug-likeness (QED) is 0.816. The molecule has 8 heteroatoms. The molecule has 0 atom stereocenters. The van der Waals surface area contributed by atoms with Crippen molar-refractivity contribution in [3.63, 3.8) is 0 Å². The van der Waals surface area contributed by atoms with E-state index >= 15 is 0 Å². The van der Waals surface area contributed by atoms with Crippen molar-refractivity contribution in [1.29, 1.82) is 0 Å². The summed E-state index contributed by atoms with van der Waals surface area (Å²) in [7, 11) is -1.68. The van der Waals surface area contributed by atoms with Gasteiger partial charge in [-0.3, -0.25) is 9.78 Å². The molecule has 0 unspecified atom stereocenters. The van der Waals surface area contributed by atoms with E-state index in [1.54, 1.807) is 32.4 Å². The van der Waals surface area contributed by atoms with Crippen molar-refractivity contribution in [3.8, 4) is 5.75 Å². The molecule has 1 aromatic carbocycles. The number of rotatable bonds is 6. The lowest BCUT2D eigenvalue weighted by Gasteiger charge is -2.29. The van der Waals surface area contributed by atoms with Gasteiger partial charge in [-0.1, -0.05) is 12.1 Å². The van der Waals surface area contributed by atoms with Crippen LogP contribution in [0, 0.1) is 0 Å². The van der Waals surface area contributed by atoms with E-state index in [0.717, 1.165) is 16.8 Å². The Morgan fingerprint density at radius 1 is 1.30 bits per heavy atom. The van der Waals surface area contributed by atoms with Crippen LogP contribution in [0.4, 0.5) is 5.69 Å². The summed E-state index contributed by atoms with van der Waals surface area (Å²) in [4.78, 5) is 16.7. The van der Waals surface area contributed by atoms with Gasteiger partial charge in [0.1, 0.15) is 5.75 Å². The molecule has 0 fully saturated rings. The highest BCUT2D eigenvalue weighted by molar-refractivity contribution is 7.89. The Bertz CT molecular complexity index is 944. The molecule has 0 spiro atoms. The number of anilines is 1. The molecule has 0 saturated heterocycles. The number of hydrogen-bond donors (Lipinski definition) is 1. The van der Waals surface area contributed by atoms with Crippen LogP contribution < -0.4 is 10.1 Å². The minimum Gasteiger partial charge on any atom is -0.495 e. The maximum atomic E-state index is 12.5. The number of carbonyl (C=O) groups excluding carboxylic acids is 1. The number of nitrogens with one attached hydrogen (secondary N) is 1. The summed E-state index contributed by atoms with van der Waals surface area (Å²) in [5, 5.41) is 2.93. The molecule has 27 heavy (non-hydrogen) atoms. The molecule has 1 amide bonds. The molecule has 144 valence electrons. The molecule has 0 radical (unpaired) electrons. The van der Waals surface area contributed by atoms with Gasteiger partial charge in [0, 0.05) is 25.0 Å². The SMILES string of the molecule is CCS(=O)(=O)N1CCc2c(cccc2NC(=O)Cc2ncccc2OC)C1. The van der Waals surface area contributed by atoms with E-state index in [4.69, 9.17) is 4.74 Å². The number of nitrogens with zero attached hydrogens (tertiary/aromatic N) is 2. The number of pyridine rings is 1. The van der Waals surface area contributed by atoms with Crippen molar-refractivity contribution in [3.05, 3.63) is 53.3 Å². The van der Waals surface area contributed by atoms with Gasteiger partial charge in [-0.25, -0.2) is 8.42 Å². The summed E-state index contributed by atoms with van der Waals surface area (Å²) in [6.45, 7) is 2.40. The van der Waals surface area contributed by atoms with Crippen LogP contribution in [0.2, 0.25) is 0 Å². The van der Waals surface area contributed by atoms with Gasteiger partial charge >= 0.3 is 0 Å². The zero-order valence-corrected chi connectivity index (χ0v) is 16.3. The zero-order chi connectivity index (χ0) is 19.4. The Labute approximate surface area is 159 Å². The average molecular weight is 389 g/mol. The van der Waals surface area contributed by atoms with Crippen LogP contribution in [0.25, 0.3) is 0 Å². The third kappa shape index (κ3) is 4.28. The molecule has 1 N–H and O–H groups in total. The first-order valence-electron chi connectivity index (χ1n) is 8.81. The third-order valence-electron chi connectivity index (χ3n) is 4.66. The van der Waals surface area contributed by atoms with E-state index < -0.39 is 10.0 Å². The second-order valence-electron chi connectivity index (χ2n) is 6.30. The van der Waals surface area contributed by atoms with Gasteiger partial charge < -0.3 is 10.1 Å². The van der Waals surface area contributed by atoms with Gasteiger partial charge in [0.25, 0.3) is 0 Å². The monoisotopic (exact) mass is 389 g/mol. The van der Waals surface area contributed by atoms with Crippen molar-refractivity contribution >= 4 is 21.6 Å². The normalized spacial score (nSPS) is 14.4. The van der Waals surface area contributed by atoms with Crippen molar-refractivity contribution in [1.82, 2.24) is 9.29 Å². The fraction of sp³-hybridized carbons (Fsp3) is 0.368. The Morgan fingerprint density at radius 3 is 2.85 bits per heavy atom. The first-order valence-corrected chi connectivity index (χ1v) is 10.4. The second-order valence-corrected chi connectivity index (χ2v) is 8.56. The third-order valence-corrected chi connectivity index (χ3v) is 6.49. The largest absolute Gasteiger partial charge is 0.495 e. The summed E-state index contributed by atoms with van der Waals surface area (Å²) < 4.78 is 31.0. The average Bonchev–Trinajstić information content (AvgIpc) is 2.68. The van der Waals surface area contributed by atoms with E-state index in [-0.39, 0.29) is 18.1 Å². The second kappa shape index (κ2) is 8.06. The van der Waals surface area contributed by atoms with Gasteiger partial charge in [-0.05, 0) is 42.7 Å². The van der Waals surface area contributed by atoms with Gasteiger partial charge in [-0.2, -0.15) is 4.31 Å². The number of ether oxygens (including phenoxy) is 1. The van der Waals surface area contributed by atoms with Crippen molar-refractivity contribution in [2.24, 2.45) is 0 Å². The molecule has 1 aromatic heterocycles. The predicted molar refractivity (Wildman–Crippen MR) is 103 cm³/mol. The van der Waals surface area contributed by atoms with Crippen LogP contribution in [0.15, 0.2) is 36.5 Å². The van der Waals surface area contributed by atoms with E-state index in [0.29, 0.717) is 31.0 Å². The number of hydrogen-bond acceptors (Lipinski definition) is 5. The molecule has 2 aromatic rings. The van der Waals surface area contributed by atoms with E-state index in [1.165, 1.54) is 4.31 Å². The number of aromatic nitrogens is 1. The van der Waals surface area contributed by atoms with Crippen LogP contribution in [-0.4, -0.2) is 43.0 Å². The predicted octanol–water partition coefficient (Wildman–Crippen LogP) is 1.98. The lowest BCUT2D eigenvalue weighted by Crippen LogP contribution is -2.37. The minimum absolute atomic E-state index is 0.0880. The number of fused-ring (bicyclic) bond motifs is 1. The minimum atomic E-state index is -3.22. The van der Waals surface area contributed by atoms with Crippen molar-refractivity contribution in [2.45, 2.75) is 26.3 Å². The van der Waals surface area contributed by atoms with E-state index in [2.05, 4.69) is 10.3 Å². The number of amides is 1. The summed E-state index contributed by atoms with van der Waals surface area (Å²) >= 11 is 0. The fourth-order valence-electron chi connectivity index (χ4n) is 3.21. The first kappa shape index (κ1) is 19.3. The van der Waals surface area contributed by atoms with Gasteiger partial charge in [0.15, 0.2) is 0 Å². The highest BCUT2D eigenvalue weighted by atomic mass is 32.2. The number of benzene rings is 1. The number of methoxy groups -OCH3 is 1. The highest BCUT2D eigenvalue weighted by Crippen LogP contribution is 2.28. The number of sulfonamides is 1. The lowest BCUT2D eigenvalue weighted by atomic mass is 9.99. The Balaban J connectivity index is 1.76. The van der Waals surface area contributed by atoms with E-state index in [1.807, 2.05) is 18.2 Å². The standard InChI is InChI=1S/C19H23N3O4S/c1-3-27(24,25)22-11-9-15-14(13-22)6-4-7-16(15)21-19(23)12-17-18(26-2)8-5-10-20-17/h4-8,10H,3,9,11-13H2,1-2H3,(H,21,23). The summed E-state index contributed by atoms with van der Waals surface area (Å²) in [5.74, 6) is 0.470. The van der Waals surface area contributed by atoms with E-state index in [9.17, 15) is 13.2 Å². The number of carbonyl (C=O) groups is 1. The van der Waals surface area contributed by atoms with Gasteiger partial charge in [0.05, 0.1) is 25.0 Å².